The largest absolute Gasteiger partial charge is 0.496 e. The average Bonchev–Trinajstić information content (AvgIpc) is 3.03. The third-order valence-electron chi connectivity index (χ3n) is 4.70. The molecule has 26 heavy (non-hydrogen) atoms. The smallest absolute Gasteiger partial charge is 0.259 e. The lowest BCUT2D eigenvalue weighted by atomic mass is 10.1. The highest BCUT2D eigenvalue weighted by atomic mass is 16.5. The van der Waals surface area contributed by atoms with Crippen LogP contribution in [0.15, 0.2) is 29.3 Å². The normalized spacial score (nSPS) is 13.7. The molecular formula is C18H19N5O3. The molecule has 0 saturated carbocycles. The van der Waals surface area contributed by atoms with Gasteiger partial charge in [-0.05, 0) is 6.92 Å². The molecule has 8 heteroatoms. The molecule has 4 heterocycles. The van der Waals surface area contributed by atoms with Gasteiger partial charge in [-0.2, -0.15) is 5.10 Å². The first-order chi connectivity index (χ1) is 12.5. The zero-order valence-electron chi connectivity index (χ0n) is 14.9. The Labute approximate surface area is 149 Å². The van der Waals surface area contributed by atoms with Gasteiger partial charge in [0.25, 0.3) is 11.5 Å². The number of amides is 1. The SMILES string of the molecule is COc1cc(=O)n(C)cc1C(=O)N1CCc2c(cnc3cc(C)nn23)C1. The second kappa shape index (κ2) is 5.98. The summed E-state index contributed by atoms with van der Waals surface area (Å²) in [6, 6.07) is 3.27. The van der Waals surface area contributed by atoms with Gasteiger partial charge in [0.05, 0.1) is 24.1 Å². The van der Waals surface area contributed by atoms with Crippen molar-refractivity contribution in [1.82, 2.24) is 24.1 Å². The Morgan fingerprint density at radius 2 is 2.12 bits per heavy atom. The van der Waals surface area contributed by atoms with Gasteiger partial charge in [0.15, 0.2) is 5.65 Å². The molecule has 0 aromatic carbocycles. The van der Waals surface area contributed by atoms with E-state index in [9.17, 15) is 9.59 Å². The van der Waals surface area contributed by atoms with Crippen molar-refractivity contribution < 1.29 is 9.53 Å². The minimum absolute atomic E-state index is 0.167. The quantitative estimate of drug-likeness (QED) is 0.685. The lowest BCUT2D eigenvalue weighted by Crippen LogP contribution is -2.37. The molecule has 0 saturated heterocycles. The Morgan fingerprint density at radius 1 is 1.31 bits per heavy atom. The summed E-state index contributed by atoms with van der Waals surface area (Å²) in [6.45, 7) is 2.95. The zero-order chi connectivity index (χ0) is 18.4. The van der Waals surface area contributed by atoms with Gasteiger partial charge in [-0.25, -0.2) is 9.50 Å². The maximum Gasteiger partial charge on any atom is 0.259 e. The van der Waals surface area contributed by atoms with E-state index in [1.165, 1.54) is 23.9 Å². The predicted molar refractivity (Wildman–Crippen MR) is 94.4 cm³/mol. The fourth-order valence-electron chi connectivity index (χ4n) is 3.34. The summed E-state index contributed by atoms with van der Waals surface area (Å²) in [5, 5.41) is 4.50. The number of rotatable bonds is 2. The average molecular weight is 353 g/mol. The number of fused-ring (bicyclic) bond motifs is 3. The molecule has 1 amide bonds. The van der Waals surface area contributed by atoms with Gasteiger partial charge in [-0.1, -0.05) is 0 Å². The van der Waals surface area contributed by atoms with E-state index >= 15 is 0 Å². The second-order valence-corrected chi connectivity index (χ2v) is 6.47. The topological polar surface area (TPSA) is 81.7 Å². The summed E-state index contributed by atoms with van der Waals surface area (Å²) in [5.74, 6) is 0.125. The van der Waals surface area contributed by atoms with Crippen molar-refractivity contribution in [2.45, 2.75) is 19.9 Å². The summed E-state index contributed by atoms with van der Waals surface area (Å²) in [5.41, 5.74) is 3.95. The summed E-state index contributed by atoms with van der Waals surface area (Å²) < 4.78 is 8.48. The maximum absolute atomic E-state index is 13.0. The van der Waals surface area contributed by atoms with E-state index in [4.69, 9.17) is 4.74 Å². The van der Waals surface area contributed by atoms with Crippen molar-refractivity contribution in [2.75, 3.05) is 13.7 Å². The van der Waals surface area contributed by atoms with Crippen LogP contribution in [0.1, 0.15) is 27.3 Å². The molecule has 0 aliphatic carbocycles. The molecule has 0 atom stereocenters. The molecule has 0 N–H and O–H groups in total. The number of ether oxygens (including phenoxy) is 1. The van der Waals surface area contributed by atoms with E-state index in [1.807, 2.05) is 23.7 Å². The molecule has 1 aliphatic heterocycles. The number of aryl methyl sites for hydroxylation is 2. The van der Waals surface area contributed by atoms with Crippen molar-refractivity contribution in [1.29, 1.82) is 0 Å². The Kier molecular flexibility index (Phi) is 3.75. The van der Waals surface area contributed by atoms with Crippen LogP contribution in [0, 0.1) is 6.92 Å². The minimum atomic E-state index is -0.219. The van der Waals surface area contributed by atoms with E-state index in [1.54, 1.807) is 11.9 Å². The van der Waals surface area contributed by atoms with Crippen molar-refractivity contribution >= 4 is 11.6 Å². The molecule has 0 bridgehead atoms. The first kappa shape index (κ1) is 16.3. The minimum Gasteiger partial charge on any atom is -0.496 e. The zero-order valence-corrected chi connectivity index (χ0v) is 14.9. The molecule has 8 nitrogen and oxygen atoms in total. The highest BCUT2D eigenvalue weighted by Crippen LogP contribution is 2.24. The molecule has 0 radical (unpaired) electrons. The monoisotopic (exact) mass is 353 g/mol. The van der Waals surface area contributed by atoms with Gasteiger partial charge in [0, 0.05) is 56.6 Å². The van der Waals surface area contributed by atoms with Crippen LogP contribution < -0.4 is 10.3 Å². The molecule has 4 rings (SSSR count). The van der Waals surface area contributed by atoms with Crippen molar-refractivity contribution in [3.05, 3.63) is 57.4 Å². The van der Waals surface area contributed by atoms with Crippen LogP contribution >= 0.6 is 0 Å². The van der Waals surface area contributed by atoms with Crippen molar-refractivity contribution in [2.24, 2.45) is 7.05 Å². The molecule has 0 spiro atoms. The van der Waals surface area contributed by atoms with Gasteiger partial charge in [0.2, 0.25) is 0 Å². The highest BCUT2D eigenvalue weighted by molar-refractivity contribution is 5.96. The number of pyridine rings is 1. The van der Waals surface area contributed by atoms with Crippen molar-refractivity contribution in [3.8, 4) is 5.75 Å². The Balaban J connectivity index is 1.69. The fourth-order valence-corrected chi connectivity index (χ4v) is 3.34. The predicted octanol–water partition coefficient (Wildman–Crippen LogP) is 0.944. The number of nitrogens with zero attached hydrogens (tertiary/aromatic N) is 5. The van der Waals surface area contributed by atoms with Gasteiger partial charge < -0.3 is 14.2 Å². The summed E-state index contributed by atoms with van der Waals surface area (Å²) in [4.78, 5) is 31.0. The lowest BCUT2D eigenvalue weighted by molar-refractivity contribution is 0.0728. The van der Waals surface area contributed by atoms with Gasteiger partial charge >= 0.3 is 0 Å². The first-order valence-corrected chi connectivity index (χ1v) is 8.35. The third kappa shape index (κ3) is 2.54. The molecule has 1 aliphatic rings. The van der Waals surface area contributed by atoms with Gasteiger partial charge in [-0.15, -0.1) is 0 Å². The fraction of sp³-hybridized carbons (Fsp3) is 0.333. The Bertz CT molecular complexity index is 1080. The summed E-state index contributed by atoms with van der Waals surface area (Å²) in [6.07, 6.45) is 4.02. The lowest BCUT2D eigenvalue weighted by Gasteiger charge is -2.29. The van der Waals surface area contributed by atoms with E-state index < -0.39 is 0 Å². The molecular weight excluding hydrogens is 334 g/mol. The number of aromatic nitrogens is 4. The molecule has 0 fully saturated rings. The van der Waals surface area contributed by atoms with Crippen LogP contribution in [0.5, 0.6) is 5.75 Å². The van der Waals surface area contributed by atoms with Crippen LogP contribution in [0.4, 0.5) is 0 Å². The number of carbonyl (C=O) groups is 1. The number of carbonyl (C=O) groups excluding carboxylic acids is 1. The van der Waals surface area contributed by atoms with E-state index in [-0.39, 0.29) is 11.5 Å². The molecule has 3 aromatic rings. The molecule has 0 unspecified atom stereocenters. The van der Waals surface area contributed by atoms with Crippen LogP contribution in [-0.4, -0.2) is 43.6 Å². The number of hydrogen-bond donors (Lipinski definition) is 0. The maximum atomic E-state index is 13.0. The number of methoxy groups -OCH3 is 1. The third-order valence-corrected chi connectivity index (χ3v) is 4.70. The van der Waals surface area contributed by atoms with Crippen LogP contribution in [0.25, 0.3) is 5.65 Å². The van der Waals surface area contributed by atoms with Crippen molar-refractivity contribution in [3.63, 3.8) is 0 Å². The molecule has 134 valence electrons. The van der Waals surface area contributed by atoms with Crippen LogP contribution in [-0.2, 0) is 20.0 Å². The Hall–Kier alpha value is -3.16. The van der Waals surface area contributed by atoms with Gasteiger partial charge in [-0.3, -0.25) is 9.59 Å². The summed E-state index contributed by atoms with van der Waals surface area (Å²) >= 11 is 0. The standard InChI is InChI=1S/C18H19N5O3/c1-11-6-16-19-8-12-9-22(5-4-14(12)23(16)20-11)18(25)13-10-21(2)17(24)7-15(13)26-3/h6-8,10H,4-5,9H2,1-3H3. The second-order valence-electron chi connectivity index (χ2n) is 6.47. The molecule has 3 aromatic heterocycles. The van der Waals surface area contributed by atoms with E-state index in [0.717, 1.165) is 22.6 Å². The highest BCUT2D eigenvalue weighted by Gasteiger charge is 2.26. The first-order valence-electron chi connectivity index (χ1n) is 8.35. The summed E-state index contributed by atoms with van der Waals surface area (Å²) in [7, 11) is 3.07. The number of hydrogen-bond acceptors (Lipinski definition) is 5. The van der Waals surface area contributed by atoms with E-state index in [2.05, 4.69) is 10.1 Å². The van der Waals surface area contributed by atoms with Crippen LogP contribution in [0.2, 0.25) is 0 Å². The van der Waals surface area contributed by atoms with Gasteiger partial charge in [0.1, 0.15) is 5.75 Å². The Morgan fingerprint density at radius 3 is 2.88 bits per heavy atom. The van der Waals surface area contributed by atoms with Crippen LogP contribution in [0.3, 0.4) is 0 Å². The van der Waals surface area contributed by atoms with E-state index in [0.29, 0.717) is 30.8 Å².